The Morgan fingerprint density at radius 1 is 1.00 bits per heavy atom. The van der Waals surface area contributed by atoms with E-state index in [9.17, 15) is 13.2 Å². The number of benzene rings is 2. The maximum absolute atomic E-state index is 13.1. The lowest BCUT2D eigenvalue weighted by Crippen LogP contribution is -2.40. The third-order valence-corrected chi connectivity index (χ3v) is 6.32. The number of rotatable bonds is 6. The van der Waals surface area contributed by atoms with Gasteiger partial charge in [0.05, 0.1) is 17.6 Å². The minimum atomic E-state index is -3.80. The summed E-state index contributed by atoms with van der Waals surface area (Å²) >= 11 is 0. The second-order valence-corrected chi connectivity index (χ2v) is 10.2. The summed E-state index contributed by atoms with van der Waals surface area (Å²) in [5, 5.41) is 2.81. The number of nitrogens with zero attached hydrogens (tertiary/aromatic N) is 1. The summed E-state index contributed by atoms with van der Waals surface area (Å²) in [4.78, 5) is 17.1. The third kappa shape index (κ3) is 5.72. The highest BCUT2D eigenvalue weighted by Gasteiger charge is 2.25. The van der Waals surface area contributed by atoms with E-state index in [1.165, 1.54) is 6.20 Å². The molecular weight excluding hydrogens is 426 g/mol. The smallest absolute Gasteiger partial charge is 0.257 e. The number of carbonyl (C=O) groups is 1. The molecular formula is C24H27N3O4S. The molecule has 7 nitrogen and oxygen atoms in total. The first-order valence-electron chi connectivity index (χ1n) is 10.0. The van der Waals surface area contributed by atoms with Crippen molar-refractivity contribution < 1.29 is 17.9 Å². The van der Waals surface area contributed by atoms with Gasteiger partial charge in [0.15, 0.2) is 0 Å². The molecule has 2 N–H and O–H groups in total. The van der Waals surface area contributed by atoms with Gasteiger partial charge in [-0.3, -0.25) is 9.78 Å². The van der Waals surface area contributed by atoms with E-state index in [0.717, 1.165) is 5.56 Å². The maximum atomic E-state index is 13.1. The topological polar surface area (TPSA) is 97.4 Å². The summed E-state index contributed by atoms with van der Waals surface area (Å²) < 4.78 is 34.0. The number of aryl methyl sites for hydroxylation is 1. The standard InChI is InChI=1S/C24H27N3O4S/c1-16-6-11-21(22(12-16)32(29,30)27-24(2,3)4)17-13-18(15-25-14-17)23(28)26-19-7-9-20(31-5)10-8-19/h6-15,27H,1-5H3,(H,26,28). The number of ether oxygens (including phenoxy) is 1. The molecule has 3 rings (SSSR count). The number of anilines is 1. The molecule has 3 aromatic rings. The van der Waals surface area contributed by atoms with E-state index < -0.39 is 15.6 Å². The van der Waals surface area contributed by atoms with Crippen molar-refractivity contribution in [1.82, 2.24) is 9.71 Å². The van der Waals surface area contributed by atoms with Gasteiger partial charge in [-0.15, -0.1) is 0 Å². The first-order valence-corrected chi connectivity index (χ1v) is 11.5. The number of sulfonamides is 1. The van der Waals surface area contributed by atoms with Crippen molar-refractivity contribution in [2.24, 2.45) is 0 Å². The molecule has 0 saturated heterocycles. The highest BCUT2D eigenvalue weighted by molar-refractivity contribution is 7.89. The van der Waals surface area contributed by atoms with Gasteiger partial charge in [0.1, 0.15) is 5.75 Å². The van der Waals surface area contributed by atoms with Gasteiger partial charge < -0.3 is 10.1 Å². The van der Waals surface area contributed by atoms with E-state index in [0.29, 0.717) is 28.1 Å². The van der Waals surface area contributed by atoms with Gasteiger partial charge in [-0.2, -0.15) is 0 Å². The van der Waals surface area contributed by atoms with Crippen molar-refractivity contribution in [3.8, 4) is 16.9 Å². The zero-order valence-corrected chi connectivity index (χ0v) is 19.6. The molecule has 8 heteroatoms. The molecule has 2 aromatic carbocycles. The lowest BCUT2D eigenvalue weighted by molar-refractivity contribution is 0.102. The monoisotopic (exact) mass is 453 g/mol. The van der Waals surface area contributed by atoms with Crippen molar-refractivity contribution >= 4 is 21.6 Å². The summed E-state index contributed by atoms with van der Waals surface area (Å²) in [6.45, 7) is 7.18. The van der Waals surface area contributed by atoms with E-state index in [4.69, 9.17) is 4.74 Å². The van der Waals surface area contributed by atoms with Crippen molar-refractivity contribution in [3.05, 3.63) is 72.1 Å². The number of carbonyl (C=O) groups excluding carboxylic acids is 1. The Balaban J connectivity index is 1.96. The maximum Gasteiger partial charge on any atom is 0.257 e. The summed E-state index contributed by atoms with van der Waals surface area (Å²) in [7, 11) is -2.23. The fourth-order valence-electron chi connectivity index (χ4n) is 3.14. The SMILES string of the molecule is COc1ccc(NC(=O)c2cncc(-c3ccc(C)cc3S(=O)(=O)NC(C)(C)C)c2)cc1. The zero-order chi connectivity index (χ0) is 23.5. The molecule has 1 aromatic heterocycles. The molecule has 0 atom stereocenters. The van der Waals surface area contributed by atoms with Crippen LogP contribution in [-0.4, -0.2) is 32.0 Å². The molecule has 0 radical (unpaired) electrons. The zero-order valence-electron chi connectivity index (χ0n) is 18.8. The summed E-state index contributed by atoms with van der Waals surface area (Å²) in [5.41, 5.74) is 2.09. The Kier molecular flexibility index (Phi) is 6.66. The highest BCUT2D eigenvalue weighted by atomic mass is 32.2. The fraction of sp³-hybridized carbons (Fsp3) is 0.250. The van der Waals surface area contributed by atoms with Crippen LogP contribution in [0.25, 0.3) is 11.1 Å². The Hall–Kier alpha value is -3.23. The van der Waals surface area contributed by atoms with Crippen LogP contribution >= 0.6 is 0 Å². The minimum Gasteiger partial charge on any atom is -0.497 e. The van der Waals surface area contributed by atoms with Crippen LogP contribution in [0.4, 0.5) is 5.69 Å². The number of pyridine rings is 1. The molecule has 0 spiro atoms. The number of hydrogen-bond donors (Lipinski definition) is 2. The van der Waals surface area contributed by atoms with Crippen LogP contribution in [0.15, 0.2) is 65.8 Å². The van der Waals surface area contributed by atoms with Gasteiger partial charge in [-0.1, -0.05) is 12.1 Å². The molecule has 1 amide bonds. The molecule has 168 valence electrons. The quantitative estimate of drug-likeness (QED) is 0.577. The van der Waals surface area contributed by atoms with E-state index >= 15 is 0 Å². The normalized spacial score (nSPS) is 11.8. The molecule has 0 aliphatic carbocycles. The number of methoxy groups -OCH3 is 1. The van der Waals surface area contributed by atoms with Gasteiger partial charge in [-0.25, -0.2) is 13.1 Å². The first kappa shape index (κ1) is 23.4. The van der Waals surface area contributed by atoms with Crippen molar-refractivity contribution in [3.63, 3.8) is 0 Å². The Morgan fingerprint density at radius 3 is 2.31 bits per heavy atom. The van der Waals surface area contributed by atoms with Crippen molar-refractivity contribution in [1.29, 1.82) is 0 Å². The molecule has 0 aliphatic heterocycles. The van der Waals surface area contributed by atoms with Crippen molar-refractivity contribution in [2.45, 2.75) is 38.1 Å². The lowest BCUT2D eigenvalue weighted by atomic mass is 10.0. The fourth-order valence-corrected chi connectivity index (χ4v) is 4.87. The average molecular weight is 454 g/mol. The Morgan fingerprint density at radius 2 is 1.69 bits per heavy atom. The number of amides is 1. The van der Waals surface area contributed by atoms with Crippen LogP contribution in [0.1, 0.15) is 36.7 Å². The molecule has 0 bridgehead atoms. The van der Waals surface area contributed by atoms with E-state index in [1.54, 1.807) is 76.5 Å². The Bertz CT molecular complexity index is 1230. The molecule has 1 heterocycles. The van der Waals surface area contributed by atoms with Crippen LogP contribution in [0.2, 0.25) is 0 Å². The van der Waals surface area contributed by atoms with E-state index in [-0.39, 0.29) is 10.8 Å². The molecule has 0 fully saturated rings. The van der Waals surface area contributed by atoms with Gasteiger partial charge in [-0.05, 0) is 69.7 Å². The first-order chi connectivity index (χ1) is 15.0. The van der Waals surface area contributed by atoms with Gasteiger partial charge in [0.25, 0.3) is 5.91 Å². The molecule has 32 heavy (non-hydrogen) atoms. The second-order valence-electron chi connectivity index (χ2n) is 8.50. The van der Waals surface area contributed by atoms with Crippen LogP contribution in [0.5, 0.6) is 5.75 Å². The van der Waals surface area contributed by atoms with Gasteiger partial charge >= 0.3 is 0 Å². The van der Waals surface area contributed by atoms with Crippen LogP contribution in [0, 0.1) is 6.92 Å². The minimum absolute atomic E-state index is 0.141. The number of aromatic nitrogens is 1. The Labute approximate surface area is 188 Å². The molecule has 0 saturated carbocycles. The number of nitrogens with one attached hydrogen (secondary N) is 2. The molecule has 0 aliphatic rings. The lowest BCUT2D eigenvalue weighted by Gasteiger charge is -2.22. The van der Waals surface area contributed by atoms with Crippen molar-refractivity contribution in [2.75, 3.05) is 12.4 Å². The van der Waals surface area contributed by atoms with Gasteiger partial charge in [0.2, 0.25) is 10.0 Å². The highest BCUT2D eigenvalue weighted by Crippen LogP contribution is 2.29. The van der Waals surface area contributed by atoms with Crippen LogP contribution < -0.4 is 14.8 Å². The number of hydrogen-bond acceptors (Lipinski definition) is 5. The predicted octanol–water partition coefficient (Wildman–Crippen LogP) is 4.39. The van der Waals surface area contributed by atoms with Crippen LogP contribution in [-0.2, 0) is 10.0 Å². The largest absolute Gasteiger partial charge is 0.497 e. The average Bonchev–Trinajstić information content (AvgIpc) is 2.72. The van der Waals surface area contributed by atoms with E-state index in [1.807, 2.05) is 13.0 Å². The molecule has 0 unspecified atom stereocenters. The summed E-state index contributed by atoms with van der Waals surface area (Å²) in [6, 6.07) is 13.8. The van der Waals surface area contributed by atoms with E-state index in [2.05, 4.69) is 15.0 Å². The third-order valence-electron chi connectivity index (χ3n) is 4.53. The summed E-state index contributed by atoms with van der Waals surface area (Å²) in [5.74, 6) is 0.331. The summed E-state index contributed by atoms with van der Waals surface area (Å²) in [6.07, 6.45) is 2.99. The van der Waals surface area contributed by atoms with Gasteiger partial charge in [0, 0.05) is 34.7 Å². The van der Waals surface area contributed by atoms with Crippen LogP contribution in [0.3, 0.4) is 0 Å². The predicted molar refractivity (Wildman–Crippen MR) is 125 cm³/mol. The second kappa shape index (κ2) is 9.10.